The van der Waals surface area contributed by atoms with Gasteiger partial charge in [0.2, 0.25) is 5.75 Å². The molecule has 24 heavy (non-hydrogen) atoms. The Bertz CT molecular complexity index is 892. The maximum absolute atomic E-state index is 11.7. The molecule has 1 N–H and O–H groups in total. The van der Waals surface area contributed by atoms with Gasteiger partial charge in [-0.3, -0.25) is 4.79 Å². The molecule has 1 aromatic carbocycles. The lowest BCUT2D eigenvalue weighted by molar-refractivity contribution is 0.101. The van der Waals surface area contributed by atoms with Gasteiger partial charge >= 0.3 is 0 Å². The molecule has 3 rings (SSSR count). The number of nitrogens with zero attached hydrogens (tertiary/aromatic N) is 2. The smallest absolute Gasteiger partial charge is 0.203 e. The summed E-state index contributed by atoms with van der Waals surface area (Å²) in [4.78, 5) is 23.6. The number of aromatic nitrogens is 3. The fourth-order valence-electron chi connectivity index (χ4n) is 2.53. The number of benzene rings is 1. The molecule has 0 amide bonds. The van der Waals surface area contributed by atoms with Crippen LogP contribution in [0.2, 0.25) is 0 Å². The normalized spacial score (nSPS) is 10.7. The van der Waals surface area contributed by atoms with E-state index in [1.165, 1.54) is 6.92 Å². The van der Waals surface area contributed by atoms with Gasteiger partial charge in [0.15, 0.2) is 22.9 Å². The molecule has 0 saturated carbocycles. The second-order valence-electron chi connectivity index (χ2n) is 5.13. The minimum absolute atomic E-state index is 0.0717. The van der Waals surface area contributed by atoms with Gasteiger partial charge in [-0.2, -0.15) is 0 Å². The van der Waals surface area contributed by atoms with Gasteiger partial charge in [0.1, 0.15) is 5.52 Å². The number of ether oxygens (including phenoxy) is 3. The maximum Gasteiger partial charge on any atom is 0.203 e. The van der Waals surface area contributed by atoms with Crippen LogP contribution in [0.3, 0.4) is 0 Å². The number of carbonyl (C=O) groups excluding carboxylic acids is 1. The van der Waals surface area contributed by atoms with Crippen LogP contribution in [0.1, 0.15) is 17.3 Å². The number of ketones is 1. The summed E-state index contributed by atoms with van der Waals surface area (Å²) in [5.41, 5.74) is 2.95. The van der Waals surface area contributed by atoms with Crippen molar-refractivity contribution in [2.24, 2.45) is 0 Å². The standard InChI is InChI=1S/C17H17N3O4/c1-9(21)11-7-18-17-15(11)20-12(8-19-17)10-5-13(22-2)16(24-4)14(6-10)23-3/h5-8H,1-4H3,(H,18,19). The average molecular weight is 327 g/mol. The van der Waals surface area contributed by atoms with E-state index in [4.69, 9.17) is 14.2 Å². The van der Waals surface area contributed by atoms with E-state index >= 15 is 0 Å². The van der Waals surface area contributed by atoms with Crippen LogP contribution in [0.15, 0.2) is 24.5 Å². The molecule has 0 aliphatic rings. The minimum atomic E-state index is -0.0717. The zero-order valence-electron chi connectivity index (χ0n) is 13.8. The molecule has 0 aliphatic carbocycles. The average Bonchev–Trinajstić information content (AvgIpc) is 3.03. The largest absolute Gasteiger partial charge is 0.493 e. The Kier molecular flexibility index (Phi) is 4.07. The topological polar surface area (TPSA) is 86.3 Å². The first-order valence-electron chi connectivity index (χ1n) is 7.24. The summed E-state index contributed by atoms with van der Waals surface area (Å²) in [5.74, 6) is 1.48. The van der Waals surface area contributed by atoms with Gasteiger partial charge in [0.25, 0.3) is 0 Å². The summed E-state index contributed by atoms with van der Waals surface area (Å²) in [6.07, 6.45) is 3.25. The van der Waals surface area contributed by atoms with Gasteiger partial charge in [-0.15, -0.1) is 0 Å². The van der Waals surface area contributed by atoms with Crippen LogP contribution in [0.25, 0.3) is 22.4 Å². The van der Waals surface area contributed by atoms with Crippen molar-refractivity contribution in [1.82, 2.24) is 15.0 Å². The lowest BCUT2D eigenvalue weighted by Gasteiger charge is -2.13. The highest BCUT2D eigenvalue weighted by molar-refractivity contribution is 6.04. The first-order chi connectivity index (χ1) is 11.6. The van der Waals surface area contributed by atoms with Crippen molar-refractivity contribution >= 4 is 16.9 Å². The third-order valence-electron chi connectivity index (χ3n) is 3.72. The minimum Gasteiger partial charge on any atom is -0.493 e. The van der Waals surface area contributed by atoms with Crippen molar-refractivity contribution < 1.29 is 19.0 Å². The Labute approximate surface area is 138 Å². The molecule has 0 saturated heterocycles. The second-order valence-corrected chi connectivity index (χ2v) is 5.13. The number of carbonyl (C=O) groups is 1. The zero-order chi connectivity index (χ0) is 17.3. The first-order valence-corrected chi connectivity index (χ1v) is 7.24. The van der Waals surface area contributed by atoms with E-state index in [9.17, 15) is 4.79 Å². The van der Waals surface area contributed by atoms with Crippen LogP contribution < -0.4 is 14.2 Å². The van der Waals surface area contributed by atoms with E-state index in [-0.39, 0.29) is 5.78 Å². The lowest BCUT2D eigenvalue weighted by atomic mass is 10.1. The lowest BCUT2D eigenvalue weighted by Crippen LogP contribution is -1.97. The molecule has 0 atom stereocenters. The Morgan fingerprint density at radius 2 is 1.75 bits per heavy atom. The molecule has 2 heterocycles. The Hall–Kier alpha value is -3.09. The van der Waals surface area contributed by atoms with Crippen molar-refractivity contribution in [2.45, 2.75) is 6.92 Å². The highest BCUT2D eigenvalue weighted by Crippen LogP contribution is 2.40. The molecule has 7 heteroatoms. The Morgan fingerprint density at radius 1 is 1.08 bits per heavy atom. The number of Topliss-reactive ketones (excluding diaryl/α,β-unsaturated/α-hetero) is 1. The van der Waals surface area contributed by atoms with Gasteiger partial charge in [-0.1, -0.05) is 0 Å². The molecule has 0 radical (unpaired) electrons. The van der Waals surface area contributed by atoms with Crippen LogP contribution in [0, 0.1) is 0 Å². The number of rotatable bonds is 5. The molecular weight excluding hydrogens is 310 g/mol. The predicted octanol–water partition coefficient (Wildman–Crippen LogP) is 2.85. The van der Waals surface area contributed by atoms with Gasteiger partial charge < -0.3 is 19.2 Å². The summed E-state index contributed by atoms with van der Waals surface area (Å²) >= 11 is 0. The number of fused-ring (bicyclic) bond motifs is 1. The Morgan fingerprint density at radius 3 is 2.29 bits per heavy atom. The molecule has 0 bridgehead atoms. The first kappa shape index (κ1) is 15.8. The molecule has 0 aliphatic heterocycles. The second kappa shape index (κ2) is 6.19. The predicted molar refractivity (Wildman–Crippen MR) is 89.0 cm³/mol. The van der Waals surface area contributed by atoms with Crippen molar-refractivity contribution in [2.75, 3.05) is 21.3 Å². The quantitative estimate of drug-likeness (QED) is 0.725. The van der Waals surface area contributed by atoms with Gasteiger partial charge in [-0.25, -0.2) is 9.97 Å². The van der Waals surface area contributed by atoms with E-state index in [2.05, 4.69) is 15.0 Å². The number of hydrogen-bond donors (Lipinski definition) is 1. The maximum atomic E-state index is 11.7. The molecule has 2 aromatic heterocycles. The van der Waals surface area contributed by atoms with E-state index in [0.717, 1.165) is 5.56 Å². The van der Waals surface area contributed by atoms with Crippen molar-refractivity contribution in [3.63, 3.8) is 0 Å². The van der Waals surface area contributed by atoms with Crippen molar-refractivity contribution in [3.8, 4) is 28.5 Å². The molecule has 7 nitrogen and oxygen atoms in total. The third kappa shape index (κ3) is 2.54. The SMILES string of the molecule is COc1cc(-c2cnc3[nH]cc(C(C)=O)c3n2)cc(OC)c1OC. The van der Waals surface area contributed by atoms with E-state index in [1.54, 1.807) is 45.9 Å². The highest BCUT2D eigenvalue weighted by atomic mass is 16.5. The van der Waals surface area contributed by atoms with E-state index < -0.39 is 0 Å². The highest BCUT2D eigenvalue weighted by Gasteiger charge is 2.17. The third-order valence-corrected chi connectivity index (χ3v) is 3.72. The van der Waals surface area contributed by atoms with Crippen LogP contribution in [-0.2, 0) is 0 Å². The molecule has 0 fully saturated rings. The van der Waals surface area contributed by atoms with Crippen molar-refractivity contribution in [1.29, 1.82) is 0 Å². The molecule has 0 unspecified atom stereocenters. The zero-order valence-corrected chi connectivity index (χ0v) is 13.8. The summed E-state index contributed by atoms with van der Waals surface area (Å²) in [6.45, 7) is 1.50. The molecular formula is C17H17N3O4. The monoisotopic (exact) mass is 327 g/mol. The summed E-state index contributed by atoms with van der Waals surface area (Å²) in [6, 6.07) is 3.58. The summed E-state index contributed by atoms with van der Waals surface area (Å²) in [7, 11) is 4.65. The van der Waals surface area contributed by atoms with Gasteiger partial charge in [0.05, 0.1) is 38.8 Å². The van der Waals surface area contributed by atoms with Gasteiger partial charge in [-0.05, 0) is 19.1 Å². The van der Waals surface area contributed by atoms with Crippen LogP contribution in [0.4, 0.5) is 0 Å². The molecule has 124 valence electrons. The van der Waals surface area contributed by atoms with E-state index in [1.807, 2.05) is 0 Å². The van der Waals surface area contributed by atoms with Crippen LogP contribution in [0.5, 0.6) is 17.2 Å². The van der Waals surface area contributed by atoms with Crippen LogP contribution >= 0.6 is 0 Å². The number of nitrogens with one attached hydrogen (secondary N) is 1. The number of aromatic amines is 1. The van der Waals surface area contributed by atoms with Crippen LogP contribution in [-0.4, -0.2) is 42.1 Å². The number of hydrogen-bond acceptors (Lipinski definition) is 6. The van der Waals surface area contributed by atoms with Crippen molar-refractivity contribution in [3.05, 3.63) is 30.1 Å². The number of methoxy groups -OCH3 is 3. The summed E-state index contributed by atoms with van der Waals surface area (Å²) in [5, 5.41) is 0. The summed E-state index contributed by atoms with van der Waals surface area (Å²) < 4.78 is 16.0. The fourth-order valence-corrected chi connectivity index (χ4v) is 2.53. The molecule has 3 aromatic rings. The number of H-pyrrole nitrogens is 1. The Balaban J connectivity index is 2.19. The fraction of sp³-hybridized carbons (Fsp3) is 0.235. The van der Waals surface area contributed by atoms with Gasteiger partial charge in [0, 0.05) is 11.8 Å². The molecule has 0 spiro atoms. The van der Waals surface area contributed by atoms with E-state index in [0.29, 0.717) is 39.7 Å².